The van der Waals surface area contributed by atoms with E-state index in [-0.39, 0.29) is 22.7 Å². The lowest BCUT2D eigenvalue weighted by Gasteiger charge is -2.10. The van der Waals surface area contributed by atoms with Gasteiger partial charge in [-0.15, -0.1) is 0 Å². The zero-order valence-corrected chi connectivity index (χ0v) is 11.3. The first-order chi connectivity index (χ1) is 10.4. The van der Waals surface area contributed by atoms with E-state index in [0.717, 1.165) is 10.8 Å². The second-order valence-electron chi connectivity index (χ2n) is 4.42. The Morgan fingerprint density at radius 1 is 1.18 bits per heavy atom. The van der Waals surface area contributed by atoms with Crippen molar-refractivity contribution in [2.45, 2.75) is 6.18 Å². The van der Waals surface area contributed by atoms with Crippen LogP contribution in [0.15, 0.2) is 30.6 Å². The topological polar surface area (TPSA) is 78.8 Å². The van der Waals surface area contributed by atoms with Gasteiger partial charge in [0.15, 0.2) is 5.82 Å². The van der Waals surface area contributed by atoms with E-state index in [4.69, 9.17) is 10.5 Å². The maximum absolute atomic E-state index is 13.2. The number of hydrogen-bond donors (Lipinski definition) is 1. The van der Waals surface area contributed by atoms with Crippen LogP contribution in [0, 0.1) is 0 Å². The summed E-state index contributed by atoms with van der Waals surface area (Å²) in [7, 11) is 1.43. The van der Waals surface area contributed by atoms with E-state index in [1.807, 2.05) is 0 Å². The van der Waals surface area contributed by atoms with Crippen LogP contribution in [0.5, 0.6) is 5.75 Å². The lowest BCUT2D eigenvalue weighted by atomic mass is 10.3. The van der Waals surface area contributed by atoms with Gasteiger partial charge in [-0.2, -0.15) is 13.2 Å². The van der Waals surface area contributed by atoms with Crippen molar-refractivity contribution in [2.75, 3.05) is 12.8 Å². The second-order valence-corrected chi connectivity index (χ2v) is 4.42. The maximum Gasteiger partial charge on any atom is 0.450 e. The van der Waals surface area contributed by atoms with Crippen molar-refractivity contribution >= 4 is 16.9 Å². The Kier molecular flexibility index (Phi) is 3.12. The van der Waals surface area contributed by atoms with E-state index in [0.29, 0.717) is 5.75 Å². The van der Waals surface area contributed by atoms with Crippen LogP contribution in [0.2, 0.25) is 0 Å². The molecule has 0 spiro atoms. The summed E-state index contributed by atoms with van der Waals surface area (Å²) in [5.41, 5.74) is 5.81. The SMILES string of the molecule is COc1ccc2nc(C(F)(F)F)n(-c3cnc(N)cn3)c2c1. The quantitative estimate of drug-likeness (QED) is 0.786. The van der Waals surface area contributed by atoms with Crippen molar-refractivity contribution in [3.8, 4) is 11.6 Å². The number of anilines is 1. The lowest BCUT2D eigenvalue weighted by molar-refractivity contribution is -0.145. The third-order valence-corrected chi connectivity index (χ3v) is 3.00. The number of fused-ring (bicyclic) bond motifs is 1. The van der Waals surface area contributed by atoms with Crippen molar-refractivity contribution in [2.24, 2.45) is 0 Å². The fourth-order valence-electron chi connectivity index (χ4n) is 2.05. The van der Waals surface area contributed by atoms with Crippen LogP contribution in [0.4, 0.5) is 19.0 Å². The first-order valence-electron chi connectivity index (χ1n) is 6.12. The van der Waals surface area contributed by atoms with Crippen LogP contribution >= 0.6 is 0 Å². The van der Waals surface area contributed by atoms with Crippen molar-refractivity contribution in [1.29, 1.82) is 0 Å². The Hall–Kier alpha value is -2.84. The summed E-state index contributed by atoms with van der Waals surface area (Å²) in [5.74, 6) is -0.600. The molecule has 2 aromatic heterocycles. The highest BCUT2D eigenvalue weighted by Gasteiger charge is 2.38. The van der Waals surface area contributed by atoms with Crippen molar-refractivity contribution in [3.63, 3.8) is 0 Å². The van der Waals surface area contributed by atoms with Gasteiger partial charge in [-0.3, -0.25) is 4.57 Å². The van der Waals surface area contributed by atoms with Gasteiger partial charge >= 0.3 is 6.18 Å². The first-order valence-corrected chi connectivity index (χ1v) is 6.12. The zero-order chi connectivity index (χ0) is 15.9. The summed E-state index contributed by atoms with van der Waals surface area (Å²) in [5, 5.41) is 0. The largest absolute Gasteiger partial charge is 0.497 e. The van der Waals surface area contributed by atoms with Crippen LogP contribution in [-0.2, 0) is 6.18 Å². The predicted molar refractivity (Wildman–Crippen MR) is 72.6 cm³/mol. The smallest absolute Gasteiger partial charge is 0.450 e. The summed E-state index contributed by atoms with van der Waals surface area (Å²) in [6.45, 7) is 0. The molecule has 0 amide bonds. The molecule has 114 valence electrons. The van der Waals surface area contributed by atoms with Gasteiger partial charge in [-0.25, -0.2) is 15.0 Å². The van der Waals surface area contributed by atoms with Gasteiger partial charge in [0.1, 0.15) is 11.6 Å². The summed E-state index contributed by atoms with van der Waals surface area (Å²) in [6.07, 6.45) is -2.30. The van der Waals surface area contributed by atoms with Crippen molar-refractivity contribution in [1.82, 2.24) is 19.5 Å². The van der Waals surface area contributed by atoms with Crippen LogP contribution in [0.3, 0.4) is 0 Å². The minimum atomic E-state index is -4.64. The standard InChI is InChI=1S/C13H10F3N5O/c1-22-7-2-3-8-9(4-7)21(12(20-8)13(14,15)16)11-6-18-10(17)5-19-11/h2-6H,1H3,(H2,17,18). The third-order valence-electron chi connectivity index (χ3n) is 3.00. The van der Waals surface area contributed by atoms with Crippen LogP contribution in [-0.4, -0.2) is 26.6 Å². The number of nitrogens with zero attached hydrogens (tertiary/aromatic N) is 4. The van der Waals surface area contributed by atoms with E-state index in [1.54, 1.807) is 0 Å². The molecule has 0 aliphatic heterocycles. The molecule has 0 saturated heterocycles. The predicted octanol–water partition coefficient (Wildman–Crippen LogP) is 2.43. The maximum atomic E-state index is 13.2. The molecule has 0 radical (unpaired) electrons. The van der Waals surface area contributed by atoms with Gasteiger partial charge < -0.3 is 10.5 Å². The van der Waals surface area contributed by atoms with Gasteiger partial charge in [0, 0.05) is 6.07 Å². The Bertz CT molecular complexity index is 826. The number of nitrogens with two attached hydrogens (primary N) is 1. The van der Waals surface area contributed by atoms with E-state index in [1.165, 1.54) is 31.5 Å². The Morgan fingerprint density at radius 2 is 1.95 bits per heavy atom. The molecule has 6 nitrogen and oxygen atoms in total. The molecule has 0 unspecified atom stereocenters. The molecular weight excluding hydrogens is 299 g/mol. The summed E-state index contributed by atoms with van der Waals surface area (Å²) in [6, 6.07) is 4.44. The lowest BCUT2D eigenvalue weighted by Crippen LogP contribution is -2.15. The minimum Gasteiger partial charge on any atom is -0.497 e. The molecular formula is C13H10F3N5O. The van der Waals surface area contributed by atoms with E-state index in [2.05, 4.69) is 15.0 Å². The monoisotopic (exact) mass is 309 g/mol. The van der Waals surface area contributed by atoms with Crippen LogP contribution in [0.1, 0.15) is 5.82 Å². The number of benzene rings is 1. The first kappa shape index (κ1) is 14.1. The molecule has 3 rings (SSSR count). The summed E-state index contributed by atoms with van der Waals surface area (Å²) >= 11 is 0. The number of ether oxygens (including phenoxy) is 1. The van der Waals surface area contributed by atoms with Gasteiger partial charge in [0.05, 0.1) is 30.5 Å². The summed E-state index contributed by atoms with van der Waals surface area (Å²) < 4.78 is 45.7. The highest BCUT2D eigenvalue weighted by Crippen LogP contribution is 2.34. The minimum absolute atomic E-state index is 0.0303. The summed E-state index contributed by atoms with van der Waals surface area (Å²) in [4.78, 5) is 11.3. The number of alkyl halides is 3. The molecule has 1 aromatic carbocycles. The number of aromatic nitrogens is 4. The second kappa shape index (κ2) is 4.86. The van der Waals surface area contributed by atoms with Gasteiger partial charge in [0.2, 0.25) is 5.82 Å². The van der Waals surface area contributed by atoms with Gasteiger partial charge in [-0.05, 0) is 12.1 Å². The normalized spacial score (nSPS) is 11.8. The molecule has 0 saturated carbocycles. The molecule has 0 atom stereocenters. The fourth-order valence-corrected chi connectivity index (χ4v) is 2.05. The molecule has 2 heterocycles. The molecule has 0 bridgehead atoms. The Morgan fingerprint density at radius 3 is 2.55 bits per heavy atom. The van der Waals surface area contributed by atoms with E-state index in [9.17, 15) is 13.2 Å². The highest BCUT2D eigenvalue weighted by atomic mass is 19.4. The van der Waals surface area contributed by atoms with Crippen molar-refractivity contribution in [3.05, 3.63) is 36.4 Å². The molecule has 22 heavy (non-hydrogen) atoms. The molecule has 0 aliphatic rings. The van der Waals surface area contributed by atoms with E-state index >= 15 is 0 Å². The average molecular weight is 309 g/mol. The third kappa shape index (κ3) is 2.30. The number of halogens is 3. The molecule has 9 heteroatoms. The van der Waals surface area contributed by atoms with Crippen LogP contribution < -0.4 is 10.5 Å². The Labute approximate surface area is 122 Å². The number of hydrogen-bond acceptors (Lipinski definition) is 5. The van der Waals surface area contributed by atoms with Gasteiger partial charge in [-0.1, -0.05) is 0 Å². The van der Waals surface area contributed by atoms with Crippen LogP contribution in [0.25, 0.3) is 16.9 Å². The fraction of sp³-hybridized carbons (Fsp3) is 0.154. The zero-order valence-electron chi connectivity index (χ0n) is 11.3. The molecule has 3 aromatic rings. The number of rotatable bonds is 2. The average Bonchev–Trinajstić information content (AvgIpc) is 2.86. The molecule has 2 N–H and O–H groups in total. The van der Waals surface area contributed by atoms with E-state index < -0.39 is 12.0 Å². The number of methoxy groups -OCH3 is 1. The van der Waals surface area contributed by atoms with Crippen molar-refractivity contribution < 1.29 is 17.9 Å². The number of imidazole rings is 1. The number of nitrogen functional groups attached to an aromatic ring is 1. The molecule has 0 aliphatic carbocycles. The highest BCUT2D eigenvalue weighted by molar-refractivity contribution is 5.79. The van der Waals surface area contributed by atoms with Gasteiger partial charge in [0.25, 0.3) is 0 Å². The molecule has 0 fully saturated rings. The Balaban J connectivity index is 2.34.